The van der Waals surface area contributed by atoms with Gasteiger partial charge in [0.25, 0.3) is 0 Å². The van der Waals surface area contributed by atoms with Crippen molar-refractivity contribution in [3.05, 3.63) is 0 Å². The van der Waals surface area contributed by atoms with Crippen molar-refractivity contribution in [1.82, 2.24) is 0 Å². The zero-order valence-electron chi connectivity index (χ0n) is 6.50. The number of Topliss-reactive ketones (excluding diaryl/α,β-unsaturated/α-hetero) is 1. The summed E-state index contributed by atoms with van der Waals surface area (Å²) in [5, 5.41) is 9.25. The summed E-state index contributed by atoms with van der Waals surface area (Å²) in [7, 11) is 0. The third kappa shape index (κ3) is 1.37. The van der Waals surface area contributed by atoms with Gasteiger partial charge in [-0.15, -0.1) is 0 Å². The summed E-state index contributed by atoms with van der Waals surface area (Å²) in [6.45, 7) is 3.93. The second-order valence-electron chi connectivity index (χ2n) is 3.35. The van der Waals surface area contributed by atoms with Gasteiger partial charge >= 0.3 is 0 Å². The second kappa shape index (κ2) is 2.70. The zero-order chi connectivity index (χ0) is 7.72. The minimum absolute atomic E-state index is 0.165. The molecule has 10 heavy (non-hydrogen) atoms. The molecule has 3 atom stereocenters. The van der Waals surface area contributed by atoms with E-state index in [2.05, 4.69) is 0 Å². The number of aliphatic hydroxyl groups is 1. The van der Waals surface area contributed by atoms with E-state index in [4.69, 9.17) is 0 Å². The van der Waals surface area contributed by atoms with E-state index in [9.17, 15) is 9.90 Å². The summed E-state index contributed by atoms with van der Waals surface area (Å²) in [4.78, 5) is 11.0. The minimum Gasteiger partial charge on any atom is -0.392 e. The van der Waals surface area contributed by atoms with Gasteiger partial charge in [-0.1, -0.05) is 13.8 Å². The van der Waals surface area contributed by atoms with E-state index in [1.165, 1.54) is 0 Å². The van der Waals surface area contributed by atoms with Crippen molar-refractivity contribution in [2.24, 2.45) is 11.8 Å². The first-order valence-electron chi connectivity index (χ1n) is 3.82. The Morgan fingerprint density at radius 1 is 1.50 bits per heavy atom. The summed E-state index contributed by atoms with van der Waals surface area (Å²) in [5.74, 6) is 0.677. The monoisotopic (exact) mass is 142 g/mol. The van der Waals surface area contributed by atoms with Gasteiger partial charge in [-0.05, 0) is 12.3 Å². The van der Waals surface area contributed by atoms with E-state index < -0.39 is 0 Å². The van der Waals surface area contributed by atoms with Crippen molar-refractivity contribution in [2.75, 3.05) is 0 Å². The van der Waals surface area contributed by atoms with E-state index in [0.717, 1.165) is 6.42 Å². The van der Waals surface area contributed by atoms with E-state index in [1.807, 2.05) is 13.8 Å². The van der Waals surface area contributed by atoms with E-state index >= 15 is 0 Å². The maximum Gasteiger partial charge on any atom is 0.138 e. The third-order valence-corrected chi connectivity index (χ3v) is 2.34. The van der Waals surface area contributed by atoms with Gasteiger partial charge in [0.05, 0.1) is 6.10 Å². The van der Waals surface area contributed by atoms with E-state index in [0.29, 0.717) is 12.3 Å². The fourth-order valence-corrected chi connectivity index (χ4v) is 1.45. The van der Waals surface area contributed by atoms with Crippen LogP contribution in [0, 0.1) is 11.8 Å². The number of rotatable bonds is 0. The van der Waals surface area contributed by atoms with Crippen LogP contribution < -0.4 is 0 Å². The fourth-order valence-electron chi connectivity index (χ4n) is 1.45. The number of carbonyl (C=O) groups is 1. The van der Waals surface area contributed by atoms with Gasteiger partial charge in [-0.3, -0.25) is 4.79 Å². The van der Waals surface area contributed by atoms with Gasteiger partial charge in [-0.2, -0.15) is 0 Å². The van der Waals surface area contributed by atoms with Crippen LogP contribution in [0.3, 0.4) is 0 Å². The molecule has 0 bridgehead atoms. The van der Waals surface area contributed by atoms with E-state index in [1.54, 1.807) is 0 Å². The summed E-state index contributed by atoms with van der Waals surface area (Å²) in [6, 6.07) is 0. The fraction of sp³-hybridized carbons (Fsp3) is 0.875. The van der Waals surface area contributed by atoms with Crippen molar-refractivity contribution < 1.29 is 9.90 Å². The summed E-state index contributed by atoms with van der Waals surface area (Å²) < 4.78 is 0. The first-order chi connectivity index (χ1) is 4.61. The highest BCUT2D eigenvalue weighted by molar-refractivity contribution is 5.81. The lowest BCUT2D eigenvalue weighted by molar-refractivity contribution is -0.129. The number of aliphatic hydroxyl groups excluding tert-OH is 1. The van der Waals surface area contributed by atoms with Crippen molar-refractivity contribution in [3.8, 4) is 0 Å². The van der Waals surface area contributed by atoms with Crippen molar-refractivity contribution in [3.63, 3.8) is 0 Å². The smallest absolute Gasteiger partial charge is 0.138 e. The third-order valence-electron chi connectivity index (χ3n) is 2.34. The van der Waals surface area contributed by atoms with Gasteiger partial charge in [0, 0.05) is 12.3 Å². The Balaban J connectivity index is 2.54. The van der Waals surface area contributed by atoms with Crippen LogP contribution >= 0.6 is 0 Å². The van der Waals surface area contributed by atoms with Crippen LogP contribution in [0.25, 0.3) is 0 Å². The van der Waals surface area contributed by atoms with Crippen molar-refractivity contribution >= 4 is 5.78 Å². The maximum absolute atomic E-state index is 11.0. The Morgan fingerprint density at radius 2 is 2.10 bits per heavy atom. The average molecular weight is 142 g/mol. The van der Waals surface area contributed by atoms with Crippen LogP contribution in [0.15, 0.2) is 0 Å². The van der Waals surface area contributed by atoms with Crippen LogP contribution in [0.1, 0.15) is 26.7 Å². The standard InChI is InChI=1S/C8H14O2/c1-5-3-6(2)8(10)4-7(5)9/h5-7,9H,3-4H2,1-2H3. The molecule has 2 heteroatoms. The summed E-state index contributed by atoms with van der Waals surface area (Å²) in [5.41, 5.74) is 0. The zero-order valence-corrected chi connectivity index (χ0v) is 6.50. The number of hydrogen-bond acceptors (Lipinski definition) is 2. The van der Waals surface area contributed by atoms with Gasteiger partial charge in [0.1, 0.15) is 5.78 Å². The molecule has 58 valence electrons. The minimum atomic E-state index is -0.385. The van der Waals surface area contributed by atoms with Gasteiger partial charge in [-0.25, -0.2) is 0 Å². The Labute approximate surface area is 61.2 Å². The molecule has 0 aromatic heterocycles. The Bertz CT molecular complexity index is 142. The molecule has 1 rings (SSSR count). The molecule has 1 N–H and O–H groups in total. The van der Waals surface area contributed by atoms with Gasteiger partial charge in [0.15, 0.2) is 0 Å². The highest BCUT2D eigenvalue weighted by atomic mass is 16.3. The molecule has 0 aromatic carbocycles. The number of hydrogen-bond donors (Lipinski definition) is 1. The molecule has 0 aliphatic heterocycles. The molecule has 1 fully saturated rings. The highest BCUT2D eigenvalue weighted by Gasteiger charge is 2.29. The number of carbonyl (C=O) groups excluding carboxylic acids is 1. The van der Waals surface area contributed by atoms with Crippen LogP contribution in [0.4, 0.5) is 0 Å². The molecule has 1 aliphatic rings. The summed E-state index contributed by atoms with van der Waals surface area (Å²) in [6.07, 6.45) is 0.825. The lowest BCUT2D eigenvalue weighted by atomic mass is 9.81. The Kier molecular flexibility index (Phi) is 2.09. The van der Waals surface area contributed by atoms with Crippen LogP contribution in [-0.2, 0) is 4.79 Å². The van der Waals surface area contributed by atoms with Gasteiger partial charge in [0.2, 0.25) is 0 Å². The molecule has 1 saturated carbocycles. The quantitative estimate of drug-likeness (QED) is 0.547. The molecule has 0 aromatic rings. The lowest BCUT2D eigenvalue weighted by Gasteiger charge is -2.27. The Morgan fingerprint density at radius 3 is 2.60 bits per heavy atom. The van der Waals surface area contributed by atoms with E-state index in [-0.39, 0.29) is 17.8 Å². The molecule has 0 amide bonds. The van der Waals surface area contributed by atoms with Crippen LogP contribution in [0.2, 0.25) is 0 Å². The van der Waals surface area contributed by atoms with Crippen LogP contribution in [0.5, 0.6) is 0 Å². The predicted octanol–water partition coefficient (Wildman–Crippen LogP) is 0.982. The van der Waals surface area contributed by atoms with Crippen molar-refractivity contribution in [2.45, 2.75) is 32.8 Å². The molecular formula is C8H14O2. The first-order valence-corrected chi connectivity index (χ1v) is 3.82. The molecule has 0 saturated heterocycles. The molecule has 0 radical (unpaired) electrons. The predicted molar refractivity (Wildman–Crippen MR) is 38.6 cm³/mol. The molecule has 1 aliphatic carbocycles. The van der Waals surface area contributed by atoms with Gasteiger partial charge < -0.3 is 5.11 Å². The molecule has 0 heterocycles. The topological polar surface area (TPSA) is 37.3 Å². The van der Waals surface area contributed by atoms with Crippen LogP contribution in [-0.4, -0.2) is 17.0 Å². The SMILES string of the molecule is CC1CC(C)C(O)CC1=O. The first kappa shape index (κ1) is 7.73. The normalized spacial score (nSPS) is 41.9. The van der Waals surface area contributed by atoms with Crippen molar-refractivity contribution in [1.29, 1.82) is 0 Å². The molecular weight excluding hydrogens is 128 g/mol. The maximum atomic E-state index is 11.0. The molecule has 3 unspecified atom stereocenters. The number of ketones is 1. The molecule has 0 spiro atoms. The summed E-state index contributed by atoms with van der Waals surface area (Å²) >= 11 is 0. The highest BCUT2D eigenvalue weighted by Crippen LogP contribution is 2.25. The average Bonchev–Trinajstić information content (AvgIpc) is 1.84. The molecule has 2 nitrogen and oxygen atoms in total. The Hall–Kier alpha value is -0.370. The largest absolute Gasteiger partial charge is 0.392 e. The lowest BCUT2D eigenvalue weighted by Crippen LogP contribution is -2.32. The second-order valence-corrected chi connectivity index (χ2v) is 3.35.